The maximum atomic E-state index is 12.1. The predicted molar refractivity (Wildman–Crippen MR) is 78.7 cm³/mol. The summed E-state index contributed by atoms with van der Waals surface area (Å²) in [7, 11) is 0. The molecule has 21 heavy (non-hydrogen) atoms. The zero-order chi connectivity index (χ0) is 14.8. The number of para-hydroxylation sites is 1. The summed E-state index contributed by atoms with van der Waals surface area (Å²) in [4.78, 5) is 12.1. The molecular weight excluding hydrogens is 268 g/mol. The fraction of sp³-hybridized carbons (Fsp3) is 0.188. The lowest BCUT2D eigenvalue weighted by Crippen LogP contribution is -2.25. The Labute approximate surface area is 121 Å². The minimum atomic E-state index is -0.289. The van der Waals surface area contributed by atoms with Gasteiger partial charge in [-0.1, -0.05) is 18.2 Å². The third-order valence-electron chi connectivity index (χ3n) is 3.31. The van der Waals surface area contributed by atoms with Crippen molar-refractivity contribution in [1.82, 2.24) is 5.32 Å². The SMILES string of the molecule is CC(NC(=O)c1ccc(CN)o1)c1cc2ccccc2o1. The van der Waals surface area contributed by atoms with Gasteiger partial charge in [0.25, 0.3) is 5.91 Å². The van der Waals surface area contributed by atoms with E-state index in [2.05, 4.69) is 5.32 Å². The van der Waals surface area contributed by atoms with E-state index in [1.54, 1.807) is 12.1 Å². The second-order valence-corrected chi connectivity index (χ2v) is 4.85. The molecule has 2 aromatic heterocycles. The summed E-state index contributed by atoms with van der Waals surface area (Å²) in [5, 5.41) is 3.85. The van der Waals surface area contributed by atoms with Crippen LogP contribution in [0.4, 0.5) is 0 Å². The molecule has 0 fully saturated rings. The molecule has 0 saturated carbocycles. The molecular formula is C16H16N2O3. The van der Waals surface area contributed by atoms with Crippen LogP contribution < -0.4 is 11.1 Å². The average molecular weight is 284 g/mol. The minimum absolute atomic E-state index is 0.249. The molecule has 0 bridgehead atoms. The summed E-state index contributed by atoms with van der Waals surface area (Å²) in [5.41, 5.74) is 6.26. The van der Waals surface area contributed by atoms with Gasteiger partial charge < -0.3 is 19.9 Å². The first-order valence-corrected chi connectivity index (χ1v) is 6.75. The van der Waals surface area contributed by atoms with Crippen molar-refractivity contribution in [3.63, 3.8) is 0 Å². The van der Waals surface area contributed by atoms with Gasteiger partial charge in [-0.2, -0.15) is 0 Å². The van der Waals surface area contributed by atoms with Crippen molar-refractivity contribution in [2.24, 2.45) is 5.73 Å². The number of benzene rings is 1. The highest BCUT2D eigenvalue weighted by molar-refractivity contribution is 5.91. The van der Waals surface area contributed by atoms with E-state index < -0.39 is 0 Å². The Morgan fingerprint density at radius 1 is 1.24 bits per heavy atom. The van der Waals surface area contributed by atoms with E-state index in [4.69, 9.17) is 14.6 Å². The van der Waals surface area contributed by atoms with E-state index in [-0.39, 0.29) is 24.3 Å². The molecule has 1 unspecified atom stereocenters. The first-order valence-electron chi connectivity index (χ1n) is 6.75. The van der Waals surface area contributed by atoms with Gasteiger partial charge in [0.15, 0.2) is 5.76 Å². The molecule has 2 heterocycles. The molecule has 5 heteroatoms. The van der Waals surface area contributed by atoms with Crippen molar-refractivity contribution in [1.29, 1.82) is 0 Å². The van der Waals surface area contributed by atoms with E-state index in [0.29, 0.717) is 11.5 Å². The summed E-state index contributed by atoms with van der Waals surface area (Å²) in [6.45, 7) is 2.13. The average Bonchev–Trinajstić information content (AvgIpc) is 3.13. The van der Waals surface area contributed by atoms with Crippen LogP contribution in [-0.2, 0) is 6.54 Å². The second-order valence-electron chi connectivity index (χ2n) is 4.85. The number of rotatable bonds is 4. The fourth-order valence-electron chi connectivity index (χ4n) is 2.16. The third-order valence-corrected chi connectivity index (χ3v) is 3.31. The smallest absolute Gasteiger partial charge is 0.287 e. The number of carbonyl (C=O) groups is 1. The van der Waals surface area contributed by atoms with Crippen LogP contribution in [0.5, 0.6) is 0 Å². The molecule has 1 atom stereocenters. The van der Waals surface area contributed by atoms with Crippen LogP contribution in [0.1, 0.15) is 35.0 Å². The van der Waals surface area contributed by atoms with Gasteiger partial charge >= 0.3 is 0 Å². The van der Waals surface area contributed by atoms with Crippen LogP contribution in [0.25, 0.3) is 11.0 Å². The number of carbonyl (C=O) groups excluding carboxylic acids is 1. The maximum absolute atomic E-state index is 12.1. The normalized spacial score (nSPS) is 12.5. The van der Waals surface area contributed by atoms with Gasteiger partial charge in [0.2, 0.25) is 0 Å². The number of fused-ring (bicyclic) bond motifs is 1. The Balaban J connectivity index is 1.75. The number of hydrogen-bond donors (Lipinski definition) is 2. The van der Waals surface area contributed by atoms with Gasteiger partial charge in [0.05, 0.1) is 12.6 Å². The van der Waals surface area contributed by atoms with Crippen LogP contribution in [0.2, 0.25) is 0 Å². The Hall–Kier alpha value is -2.53. The fourth-order valence-corrected chi connectivity index (χ4v) is 2.16. The van der Waals surface area contributed by atoms with E-state index in [9.17, 15) is 4.79 Å². The Morgan fingerprint density at radius 3 is 2.76 bits per heavy atom. The lowest BCUT2D eigenvalue weighted by molar-refractivity contribution is 0.0906. The summed E-state index contributed by atoms with van der Waals surface area (Å²) in [5.74, 6) is 1.24. The van der Waals surface area contributed by atoms with Gasteiger partial charge in [0, 0.05) is 5.39 Å². The molecule has 3 N–H and O–H groups in total. The van der Waals surface area contributed by atoms with Crippen LogP contribution in [0.15, 0.2) is 51.3 Å². The molecule has 0 saturated heterocycles. The van der Waals surface area contributed by atoms with Crippen molar-refractivity contribution in [3.8, 4) is 0 Å². The standard InChI is InChI=1S/C16H16N2O3/c1-10(15-8-11-4-2-3-5-13(11)21-15)18-16(19)14-7-6-12(9-17)20-14/h2-8,10H,9,17H2,1H3,(H,18,19). The Bertz CT molecular complexity index is 740. The summed E-state index contributed by atoms with van der Waals surface area (Å²) < 4.78 is 11.1. The highest BCUT2D eigenvalue weighted by Crippen LogP contribution is 2.23. The predicted octanol–water partition coefficient (Wildman–Crippen LogP) is 2.98. The van der Waals surface area contributed by atoms with Crippen LogP contribution in [-0.4, -0.2) is 5.91 Å². The van der Waals surface area contributed by atoms with Gasteiger partial charge in [-0.3, -0.25) is 4.79 Å². The maximum Gasteiger partial charge on any atom is 0.287 e. The van der Waals surface area contributed by atoms with E-state index in [1.807, 2.05) is 37.3 Å². The lowest BCUT2D eigenvalue weighted by atomic mass is 10.2. The zero-order valence-corrected chi connectivity index (χ0v) is 11.6. The molecule has 5 nitrogen and oxygen atoms in total. The van der Waals surface area contributed by atoms with Crippen LogP contribution in [0, 0.1) is 0 Å². The van der Waals surface area contributed by atoms with Crippen molar-refractivity contribution in [3.05, 3.63) is 59.7 Å². The number of amides is 1. The quantitative estimate of drug-likeness (QED) is 0.771. The Kier molecular flexibility index (Phi) is 3.50. The lowest BCUT2D eigenvalue weighted by Gasteiger charge is -2.09. The molecule has 0 aliphatic heterocycles. The zero-order valence-electron chi connectivity index (χ0n) is 11.6. The first-order chi connectivity index (χ1) is 10.2. The van der Waals surface area contributed by atoms with Crippen LogP contribution in [0.3, 0.4) is 0 Å². The number of nitrogens with two attached hydrogens (primary N) is 1. The van der Waals surface area contributed by atoms with Gasteiger partial charge in [-0.25, -0.2) is 0 Å². The number of furan rings is 2. The summed E-state index contributed by atoms with van der Waals surface area (Å²) in [6.07, 6.45) is 0. The molecule has 3 rings (SSSR count). The van der Waals surface area contributed by atoms with Crippen LogP contribution >= 0.6 is 0 Å². The van der Waals surface area contributed by atoms with E-state index >= 15 is 0 Å². The molecule has 0 radical (unpaired) electrons. The summed E-state index contributed by atoms with van der Waals surface area (Å²) >= 11 is 0. The monoisotopic (exact) mass is 284 g/mol. The molecule has 1 amide bonds. The van der Waals surface area contributed by atoms with E-state index in [1.165, 1.54) is 0 Å². The van der Waals surface area contributed by atoms with E-state index in [0.717, 1.165) is 11.0 Å². The third kappa shape index (κ3) is 2.68. The molecule has 0 aliphatic carbocycles. The molecule has 0 spiro atoms. The van der Waals surface area contributed by atoms with Gasteiger partial charge in [-0.15, -0.1) is 0 Å². The number of nitrogens with one attached hydrogen (secondary N) is 1. The Morgan fingerprint density at radius 2 is 2.05 bits per heavy atom. The molecule has 3 aromatic rings. The minimum Gasteiger partial charge on any atom is -0.459 e. The van der Waals surface area contributed by atoms with Gasteiger partial charge in [-0.05, 0) is 31.2 Å². The summed E-state index contributed by atoms with van der Waals surface area (Å²) in [6, 6.07) is 12.7. The van der Waals surface area contributed by atoms with Gasteiger partial charge in [0.1, 0.15) is 17.1 Å². The van der Waals surface area contributed by atoms with Crippen molar-refractivity contribution >= 4 is 16.9 Å². The number of hydrogen-bond acceptors (Lipinski definition) is 4. The van der Waals surface area contributed by atoms with Crippen molar-refractivity contribution < 1.29 is 13.6 Å². The highest BCUT2D eigenvalue weighted by atomic mass is 16.4. The topological polar surface area (TPSA) is 81.4 Å². The second kappa shape index (κ2) is 5.46. The van der Waals surface area contributed by atoms with Crippen molar-refractivity contribution in [2.75, 3.05) is 0 Å². The molecule has 0 aliphatic rings. The first kappa shape index (κ1) is 13.5. The largest absolute Gasteiger partial charge is 0.459 e. The van der Waals surface area contributed by atoms with Crippen molar-refractivity contribution in [2.45, 2.75) is 19.5 Å². The highest BCUT2D eigenvalue weighted by Gasteiger charge is 2.17. The molecule has 1 aromatic carbocycles. The molecule has 108 valence electrons.